The van der Waals surface area contributed by atoms with E-state index in [0.29, 0.717) is 13.0 Å². The Morgan fingerprint density at radius 1 is 1.10 bits per heavy atom. The molecule has 0 saturated heterocycles. The van der Waals surface area contributed by atoms with E-state index in [1.165, 1.54) is 37.7 Å². The van der Waals surface area contributed by atoms with E-state index in [9.17, 15) is 4.79 Å². The number of hydrogen-bond donors (Lipinski definition) is 1. The third-order valence-corrected chi connectivity index (χ3v) is 6.24. The van der Waals surface area contributed by atoms with Crippen molar-refractivity contribution in [1.82, 2.24) is 0 Å². The Morgan fingerprint density at radius 3 is 2.53 bits per heavy atom. The molecule has 1 heterocycles. The van der Waals surface area contributed by atoms with E-state index in [2.05, 4.69) is 46.8 Å². The highest BCUT2D eigenvalue weighted by Crippen LogP contribution is 2.44. The molecule has 1 aliphatic heterocycles. The molecule has 1 unspecified atom stereocenters. The Morgan fingerprint density at radius 2 is 1.83 bits per heavy atom. The first-order valence-electron chi connectivity index (χ1n) is 11.6. The molecule has 0 amide bonds. The summed E-state index contributed by atoms with van der Waals surface area (Å²) in [4.78, 5) is 10.7. The predicted octanol–water partition coefficient (Wildman–Crippen LogP) is 6.86. The largest absolute Gasteiger partial charge is 0.493 e. The van der Waals surface area contributed by atoms with Gasteiger partial charge in [0.05, 0.1) is 6.61 Å². The molecular formula is C26H40O4. The zero-order valence-corrected chi connectivity index (χ0v) is 19.6. The van der Waals surface area contributed by atoms with Crippen LogP contribution in [0.1, 0.15) is 93.9 Å². The minimum absolute atomic E-state index is 0.133. The van der Waals surface area contributed by atoms with Crippen molar-refractivity contribution >= 4 is 5.97 Å². The number of hydrogen-bond acceptors (Lipinski definition) is 3. The first-order valence-corrected chi connectivity index (χ1v) is 11.6. The van der Waals surface area contributed by atoms with Gasteiger partial charge in [-0.25, -0.2) is 0 Å². The Bertz CT molecular complexity index is 750. The first-order chi connectivity index (χ1) is 14.3. The van der Waals surface area contributed by atoms with E-state index in [0.717, 1.165) is 47.5 Å². The second-order valence-corrected chi connectivity index (χ2v) is 8.88. The van der Waals surface area contributed by atoms with Crippen molar-refractivity contribution in [2.24, 2.45) is 0 Å². The van der Waals surface area contributed by atoms with Gasteiger partial charge in [0.1, 0.15) is 17.1 Å². The second-order valence-electron chi connectivity index (χ2n) is 8.88. The van der Waals surface area contributed by atoms with Crippen molar-refractivity contribution in [2.75, 3.05) is 6.61 Å². The van der Waals surface area contributed by atoms with Gasteiger partial charge in [0.15, 0.2) is 0 Å². The van der Waals surface area contributed by atoms with Crippen LogP contribution >= 0.6 is 0 Å². The second kappa shape index (κ2) is 11.4. The van der Waals surface area contributed by atoms with Gasteiger partial charge in [-0.2, -0.15) is 0 Å². The smallest absolute Gasteiger partial charge is 0.303 e. The van der Waals surface area contributed by atoms with Gasteiger partial charge in [-0.3, -0.25) is 4.79 Å². The van der Waals surface area contributed by atoms with Gasteiger partial charge in [-0.05, 0) is 82.6 Å². The van der Waals surface area contributed by atoms with Gasteiger partial charge in [0.2, 0.25) is 0 Å². The van der Waals surface area contributed by atoms with Crippen LogP contribution in [0.15, 0.2) is 12.2 Å². The molecule has 0 aliphatic carbocycles. The molecule has 1 N–H and O–H groups in total. The quantitative estimate of drug-likeness (QED) is 0.299. The maximum atomic E-state index is 10.7. The molecule has 0 radical (unpaired) electrons. The van der Waals surface area contributed by atoms with Crippen LogP contribution in [0.5, 0.6) is 11.5 Å². The lowest BCUT2D eigenvalue weighted by Gasteiger charge is -2.36. The molecule has 2 rings (SSSR count). The molecule has 30 heavy (non-hydrogen) atoms. The Balaban J connectivity index is 2.05. The van der Waals surface area contributed by atoms with Gasteiger partial charge < -0.3 is 14.6 Å². The lowest BCUT2D eigenvalue weighted by molar-refractivity contribution is -0.137. The molecule has 168 valence electrons. The average Bonchev–Trinajstić information content (AvgIpc) is 2.70. The molecular weight excluding hydrogens is 376 g/mol. The monoisotopic (exact) mass is 416 g/mol. The molecule has 0 aromatic heterocycles. The number of carboxylic acid groups (broad SMARTS) is 1. The normalized spacial score (nSPS) is 18.3. The molecule has 0 spiro atoms. The standard InChI is InChI=1S/C26H40O4/c1-6-7-8-9-10-11-12-16-26(5)17-15-22-21(4)24(29-18-13-14-23(27)28)19(2)20(3)25(22)30-26/h12,16H,6-11,13-15,17-18H2,1-5H3,(H,27,28)/b16-12+. The Kier molecular flexibility index (Phi) is 9.26. The van der Waals surface area contributed by atoms with Gasteiger partial charge in [-0.15, -0.1) is 0 Å². The average molecular weight is 417 g/mol. The molecule has 4 heteroatoms. The number of benzene rings is 1. The molecule has 0 fully saturated rings. The fourth-order valence-corrected chi connectivity index (χ4v) is 4.18. The van der Waals surface area contributed by atoms with Crippen LogP contribution in [0, 0.1) is 20.8 Å². The number of aliphatic carboxylic acids is 1. The number of carbonyl (C=O) groups is 1. The van der Waals surface area contributed by atoms with Crippen molar-refractivity contribution in [3.63, 3.8) is 0 Å². The number of allylic oxidation sites excluding steroid dienone is 1. The van der Waals surface area contributed by atoms with E-state index in [1.807, 2.05) is 0 Å². The van der Waals surface area contributed by atoms with E-state index in [-0.39, 0.29) is 12.0 Å². The maximum absolute atomic E-state index is 10.7. The van der Waals surface area contributed by atoms with E-state index >= 15 is 0 Å². The van der Waals surface area contributed by atoms with Gasteiger partial charge in [-0.1, -0.05) is 38.7 Å². The van der Waals surface area contributed by atoms with Gasteiger partial charge in [0.25, 0.3) is 0 Å². The van der Waals surface area contributed by atoms with Gasteiger partial charge in [0, 0.05) is 12.0 Å². The van der Waals surface area contributed by atoms with Crippen molar-refractivity contribution in [3.05, 3.63) is 34.4 Å². The number of carboxylic acids is 1. The summed E-state index contributed by atoms with van der Waals surface area (Å²) in [5, 5.41) is 8.82. The highest BCUT2D eigenvalue weighted by Gasteiger charge is 2.32. The number of unbranched alkanes of at least 4 members (excludes halogenated alkanes) is 5. The fraction of sp³-hybridized carbons (Fsp3) is 0.654. The van der Waals surface area contributed by atoms with Crippen molar-refractivity contribution in [1.29, 1.82) is 0 Å². The number of ether oxygens (including phenoxy) is 2. The summed E-state index contributed by atoms with van der Waals surface area (Å²) in [6.07, 6.45) is 14.8. The number of fused-ring (bicyclic) bond motifs is 1. The Labute approximate surface area is 182 Å². The summed E-state index contributed by atoms with van der Waals surface area (Å²) >= 11 is 0. The summed E-state index contributed by atoms with van der Waals surface area (Å²) in [5.41, 5.74) is 4.32. The molecule has 4 nitrogen and oxygen atoms in total. The highest BCUT2D eigenvalue weighted by molar-refractivity contribution is 5.66. The lowest BCUT2D eigenvalue weighted by Crippen LogP contribution is -2.35. The van der Waals surface area contributed by atoms with Crippen molar-refractivity contribution in [2.45, 2.75) is 104 Å². The predicted molar refractivity (Wildman–Crippen MR) is 123 cm³/mol. The van der Waals surface area contributed by atoms with Crippen molar-refractivity contribution < 1.29 is 19.4 Å². The van der Waals surface area contributed by atoms with Crippen LogP contribution in [0.4, 0.5) is 0 Å². The maximum Gasteiger partial charge on any atom is 0.303 e. The molecule has 1 atom stereocenters. The highest BCUT2D eigenvalue weighted by atomic mass is 16.5. The molecule has 1 aliphatic rings. The van der Waals surface area contributed by atoms with Gasteiger partial charge >= 0.3 is 5.97 Å². The van der Waals surface area contributed by atoms with Crippen LogP contribution in [-0.2, 0) is 11.2 Å². The third kappa shape index (κ3) is 6.52. The number of rotatable bonds is 12. The zero-order chi connectivity index (χ0) is 22.1. The summed E-state index contributed by atoms with van der Waals surface area (Å²) in [5.74, 6) is 1.12. The SMILES string of the molecule is CCCCCCC/C=C/C1(C)CCc2c(C)c(OCCCC(=O)O)c(C)c(C)c2O1. The van der Waals surface area contributed by atoms with Crippen molar-refractivity contribution in [3.8, 4) is 11.5 Å². The summed E-state index contributed by atoms with van der Waals surface area (Å²) in [6.45, 7) is 11.1. The zero-order valence-electron chi connectivity index (χ0n) is 19.6. The molecule has 1 aromatic rings. The van der Waals surface area contributed by atoms with E-state index < -0.39 is 5.97 Å². The van der Waals surface area contributed by atoms with Crippen LogP contribution in [-0.4, -0.2) is 23.3 Å². The van der Waals surface area contributed by atoms with Crippen LogP contribution in [0.2, 0.25) is 0 Å². The molecule has 1 aromatic carbocycles. The van der Waals surface area contributed by atoms with Crippen LogP contribution < -0.4 is 9.47 Å². The Hall–Kier alpha value is -1.97. The van der Waals surface area contributed by atoms with Crippen LogP contribution in [0.25, 0.3) is 0 Å². The van der Waals surface area contributed by atoms with E-state index in [4.69, 9.17) is 14.6 Å². The topological polar surface area (TPSA) is 55.8 Å². The third-order valence-electron chi connectivity index (χ3n) is 6.24. The lowest BCUT2D eigenvalue weighted by atomic mass is 9.86. The van der Waals surface area contributed by atoms with Crippen LogP contribution in [0.3, 0.4) is 0 Å². The molecule has 0 saturated carbocycles. The summed E-state index contributed by atoms with van der Waals surface area (Å²) in [6, 6.07) is 0. The minimum Gasteiger partial charge on any atom is -0.493 e. The van der Waals surface area contributed by atoms with E-state index in [1.54, 1.807) is 0 Å². The fourth-order valence-electron chi connectivity index (χ4n) is 4.18. The molecule has 0 bridgehead atoms. The minimum atomic E-state index is -0.782. The first kappa shape index (κ1) is 24.3. The summed E-state index contributed by atoms with van der Waals surface area (Å²) in [7, 11) is 0. The summed E-state index contributed by atoms with van der Waals surface area (Å²) < 4.78 is 12.6.